The van der Waals surface area contributed by atoms with E-state index in [9.17, 15) is 23.8 Å². The van der Waals surface area contributed by atoms with Gasteiger partial charge in [0.25, 0.3) is 0 Å². The fraction of sp³-hybridized carbons (Fsp3) is 0.222. The summed E-state index contributed by atoms with van der Waals surface area (Å²) < 4.78 is 22.6. The summed E-state index contributed by atoms with van der Waals surface area (Å²) >= 11 is 0. The van der Waals surface area contributed by atoms with E-state index in [0.29, 0.717) is 17.8 Å². The average Bonchev–Trinajstić information content (AvgIpc) is 3.44. The molecule has 6 N–H and O–H groups in total. The van der Waals surface area contributed by atoms with Gasteiger partial charge in [-0.1, -0.05) is 66.7 Å². The molecular weight excluding hydrogens is 492 g/mol. The quantitative estimate of drug-likeness (QED) is 0.208. The molecule has 192 valence electrons. The van der Waals surface area contributed by atoms with E-state index in [2.05, 4.69) is 20.0 Å². The lowest BCUT2D eigenvalue weighted by Crippen LogP contribution is -2.39. The molecule has 0 radical (unpaired) electrons. The minimum absolute atomic E-state index is 0.0125. The molecule has 9 nitrogen and oxygen atoms in total. The number of benzene rings is 3. The van der Waals surface area contributed by atoms with Gasteiger partial charge in [0.2, 0.25) is 11.8 Å². The van der Waals surface area contributed by atoms with Crippen LogP contribution in [0.25, 0.3) is 11.0 Å². The Hall–Kier alpha value is -3.70. The molecule has 3 atom stereocenters. The zero-order chi connectivity index (χ0) is 26.0. The molecule has 10 heteroatoms. The Morgan fingerprint density at radius 1 is 0.973 bits per heavy atom. The number of aliphatic hydroxyl groups excluding tert-OH is 1. The summed E-state index contributed by atoms with van der Waals surface area (Å²) in [5.41, 5.74) is 3.96. The summed E-state index contributed by atoms with van der Waals surface area (Å²) in [6.45, 7) is 0. The third-order valence-electron chi connectivity index (χ3n) is 6.45. The van der Waals surface area contributed by atoms with Crippen molar-refractivity contribution in [2.24, 2.45) is 0 Å². The Morgan fingerprint density at radius 3 is 2.32 bits per heavy atom. The van der Waals surface area contributed by atoms with E-state index in [-0.39, 0.29) is 12.8 Å². The Kier molecular flexibility index (Phi) is 6.98. The molecule has 1 fully saturated rings. The molecule has 4 aromatic rings. The van der Waals surface area contributed by atoms with Gasteiger partial charge in [-0.05, 0) is 35.2 Å². The maximum atomic E-state index is 13.0. The normalized spacial score (nSPS) is 19.2. The molecule has 1 aromatic heterocycles. The second-order valence-corrected chi connectivity index (χ2v) is 11.1. The smallest absolute Gasteiger partial charge is 0.249 e. The van der Waals surface area contributed by atoms with Crippen LogP contribution in [0.3, 0.4) is 0 Å². The summed E-state index contributed by atoms with van der Waals surface area (Å²) in [5.74, 6) is -0.337. The molecule has 1 aliphatic rings. The second-order valence-electron chi connectivity index (χ2n) is 9.16. The number of carbonyl (C=O) groups is 2. The summed E-state index contributed by atoms with van der Waals surface area (Å²) in [7, 11) is -3.23. The number of rotatable bonds is 8. The van der Waals surface area contributed by atoms with Crippen LogP contribution >= 0.6 is 10.8 Å². The first-order chi connectivity index (χ1) is 17.8. The molecule has 2 heterocycles. The lowest BCUT2D eigenvalue weighted by Gasteiger charge is -2.32. The van der Waals surface area contributed by atoms with Gasteiger partial charge in [0.1, 0.15) is 17.2 Å². The second kappa shape index (κ2) is 10.3. The van der Waals surface area contributed by atoms with Crippen molar-refractivity contribution in [3.63, 3.8) is 0 Å². The number of aliphatic hydroxyl groups is 1. The molecule has 37 heavy (non-hydrogen) atoms. The maximum Gasteiger partial charge on any atom is 0.249 e. The summed E-state index contributed by atoms with van der Waals surface area (Å²) in [6.07, 6.45) is -0.649. The molecule has 0 spiro atoms. The molecular formula is C27H28N4O5S. The summed E-state index contributed by atoms with van der Waals surface area (Å²) in [6, 6.07) is 23.5. The van der Waals surface area contributed by atoms with Crippen LogP contribution in [0.15, 0.2) is 78.9 Å². The molecule has 5 rings (SSSR count). The number of hydrogen-bond donors (Lipinski definition) is 6. The van der Waals surface area contributed by atoms with Crippen molar-refractivity contribution in [2.45, 2.75) is 36.7 Å². The highest BCUT2D eigenvalue weighted by atomic mass is 32.3. The molecule has 1 aliphatic heterocycles. The number of carbonyl (C=O) groups excluding carboxylic acids is 2. The molecule has 0 bridgehead atoms. The standard InChI is InChI=1S/C27H28N4O5S/c32-23(15-17-6-2-1-3-7-17)27(34)30-22(26-28-20-8-4-5-9-21(20)29-26)14-18-10-12-19(13-11-18)24-16-25(33)31-37(24,35)36/h1-13,22-24,32,35-36H,14-16H2,(H,28,29)(H,30,34)(H,31,33)/t22-,23-,24?/m0/s1. The van der Waals surface area contributed by atoms with Crippen LogP contribution in [-0.2, 0) is 22.4 Å². The fourth-order valence-corrected chi connectivity index (χ4v) is 6.01. The van der Waals surface area contributed by atoms with Crippen molar-refractivity contribution < 1.29 is 23.8 Å². The van der Waals surface area contributed by atoms with Crippen molar-refractivity contribution in [2.75, 3.05) is 0 Å². The fourth-order valence-electron chi connectivity index (χ4n) is 4.53. The number of fused-ring (bicyclic) bond motifs is 1. The van der Waals surface area contributed by atoms with Gasteiger partial charge < -0.3 is 15.4 Å². The molecule has 1 saturated heterocycles. The van der Waals surface area contributed by atoms with Gasteiger partial charge in [0, 0.05) is 6.42 Å². The van der Waals surface area contributed by atoms with Crippen LogP contribution in [0, 0.1) is 0 Å². The van der Waals surface area contributed by atoms with E-state index in [1.165, 1.54) is 0 Å². The molecule has 0 aliphatic carbocycles. The van der Waals surface area contributed by atoms with Gasteiger partial charge in [-0.15, -0.1) is 10.8 Å². The van der Waals surface area contributed by atoms with E-state index in [1.807, 2.05) is 66.7 Å². The lowest BCUT2D eigenvalue weighted by molar-refractivity contribution is -0.130. The van der Waals surface area contributed by atoms with Gasteiger partial charge in [0.15, 0.2) is 0 Å². The number of imidazole rings is 1. The molecule has 1 unspecified atom stereocenters. The van der Waals surface area contributed by atoms with Crippen LogP contribution < -0.4 is 10.0 Å². The van der Waals surface area contributed by atoms with Gasteiger partial charge in [0.05, 0.1) is 23.5 Å². The summed E-state index contributed by atoms with van der Waals surface area (Å²) in [5, 5.41) is 12.8. The number of para-hydroxylation sites is 2. The number of aromatic nitrogens is 2. The SMILES string of the molecule is O=C1CC(c2ccc(C[C@H](NC(=O)[C@@H](O)Cc3ccccc3)c3nc4ccccc4[nH]3)cc2)S(O)(O)N1. The van der Waals surface area contributed by atoms with E-state index < -0.39 is 40.0 Å². The number of hydrogen-bond acceptors (Lipinski definition) is 6. The Labute approximate surface area is 215 Å². The minimum Gasteiger partial charge on any atom is -0.383 e. The first kappa shape index (κ1) is 25.0. The van der Waals surface area contributed by atoms with Crippen molar-refractivity contribution >= 4 is 33.6 Å². The van der Waals surface area contributed by atoms with E-state index in [0.717, 1.165) is 22.2 Å². The van der Waals surface area contributed by atoms with Crippen molar-refractivity contribution in [1.82, 2.24) is 20.0 Å². The topological polar surface area (TPSA) is 148 Å². The van der Waals surface area contributed by atoms with Crippen LogP contribution in [0.2, 0.25) is 0 Å². The van der Waals surface area contributed by atoms with Gasteiger partial charge in [-0.3, -0.25) is 23.4 Å². The zero-order valence-corrected chi connectivity index (χ0v) is 20.7. The Balaban J connectivity index is 1.36. The first-order valence-corrected chi connectivity index (χ1v) is 13.5. The van der Waals surface area contributed by atoms with E-state index in [1.54, 1.807) is 12.1 Å². The average molecular weight is 521 g/mol. The van der Waals surface area contributed by atoms with Gasteiger partial charge in [-0.25, -0.2) is 4.98 Å². The van der Waals surface area contributed by atoms with Crippen LogP contribution in [0.4, 0.5) is 0 Å². The largest absolute Gasteiger partial charge is 0.383 e. The first-order valence-electron chi connectivity index (χ1n) is 11.9. The highest BCUT2D eigenvalue weighted by molar-refractivity contribution is 8.23. The number of aromatic amines is 1. The van der Waals surface area contributed by atoms with Crippen molar-refractivity contribution in [1.29, 1.82) is 0 Å². The number of nitrogens with zero attached hydrogens (tertiary/aromatic N) is 1. The van der Waals surface area contributed by atoms with Crippen LogP contribution in [-0.4, -0.2) is 42.1 Å². The number of H-pyrrole nitrogens is 1. The van der Waals surface area contributed by atoms with Crippen molar-refractivity contribution in [3.8, 4) is 0 Å². The van der Waals surface area contributed by atoms with E-state index in [4.69, 9.17) is 0 Å². The lowest BCUT2D eigenvalue weighted by atomic mass is 10.0. The Morgan fingerprint density at radius 2 is 1.65 bits per heavy atom. The highest BCUT2D eigenvalue weighted by Crippen LogP contribution is 2.56. The third kappa shape index (κ3) is 5.67. The number of nitrogens with one attached hydrogen (secondary N) is 3. The highest BCUT2D eigenvalue weighted by Gasteiger charge is 2.38. The third-order valence-corrected chi connectivity index (χ3v) is 8.21. The maximum absolute atomic E-state index is 13.0. The van der Waals surface area contributed by atoms with Crippen LogP contribution in [0.1, 0.15) is 40.2 Å². The Bertz CT molecular complexity index is 1370. The van der Waals surface area contributed by atoms with Crippen molar-refractivity contribution in [3.05, 3.63) is 101 Å². The molecule has 3 aromatic carbocycles. The molecule has 2 amide bonds. The molecule has 0 saturated carbocycles. The predicted molar refractivity (Wildman–Crippen MR) is 142 cm³/mol. The monoisotopic (exact) mass is 520 g/mol. The summed E-state index contributed by atoms with van der Waals surface area (Å²) in [4.78, 5) is 32.6. The number of amides is 2. The minimum atomic E-state index is -3.23. The zero-order valence-electron chi connectivity index (χ0n) is 19.9. The van der Waals surface area contributed by atoms with Gasteiger partial charge in [-0.2, -0.15) is 0 Å². The van der Waals surface area contributed by atoms with Gasteiger partial charge >= 0.3 is 0 Å². The van der Waals surface area contributed by atoms with E-state index >= 15 is 0 Å². The predicted octanol–water partition coefficient (Wildman–Crippen LogP) is 3.79. The van der Waals surface area contributed by atoms with Crippen LogP contribution in [0.5, 0.6) is 0 Å².